The van der Waals surface area contributed by atoms with Gasteiger partial charge in [0.15, 0.2) is 0 Å². The Bertz CT molecular complexity index is 605. The van der Waals surface area contributed by atoms with Crippen molar-refractivity contribution in [3.63, 3.8) is 0 Å². The van der Waals surface area contributed by atoms with Crippen LogP contribution in [0.5, 0.6) is 0 Å². The van der Waals surface area contributed by atoms with Crippen LogP contribution >= 0.6 is 23.2 Å². The number of amides is 1. The third kappa shape index (κ3) is 4.68. The average Bonchev–Trinajstić information content (AvgIpc) is 2.60. The molecule has 1 saturated carbocycles. The van der Waals surface area contributed by atoms with E-state index in [1.165, 1.54) is 19.3 Å². The second-order valence-corrected chi connectivity index (χ2v) is 7.94. The quantitative estimate of drug-likeness (QED) is 0.850. The van der Waals surface area contributed by atoms with Crippen LogP contribution in [0.1, 0.15) is 44.2 Å². The smallest absolute Gasteiger partial charge is 0.242 e. The molecule has 0 unspecified atom stereocenters. The number of carbonyl (C=O) groups excluding carboxylic acids is 1. The van der Waals surface area contributed by atoms with Gasteiger partial charge in [0, 0.05) is 29.2 Å². The maximum Gasteiger partial charge on any atom is 0.242 e. The molecule has 25 heavy (non-hydrogen) atoms. The Morgan fingerprint density at radius 2 is 1.96 bits per heavy atom. The third-order valence-electron chi connectivity index (χ3n) is 5.36. The summed E-state index contributed by atoms with van der Waals surface area (Å²) in [6, 6.07) is 5.22. The van der Waals surface area contributed by atoms with Crippen molar-refractivity contribution in [2.24, 2.45) is 5.92 Å². The number of nitrogens with one attached hydrogen (secondary N) is 1. The van der Waals surface area contributed by atoms with Crippen LogP contribution in [0.25, 0.3) is 0 Å². The van der Waals surface area contributed by atoms with Crippen LogP contribution in [-0.4, -0.2) is 43.2 Å². The van der Waals surface area contributed by atoms with E-state index in [9.17, 15) is 4.79 Å². The first-order valence-electron chi connectivity index (χ1n) is 9.13. The molecule has 1 aromatic carbocycles. The van der Waals surface area contributed by atoms with Crippen molar-refractivity contribution in [2.45, 2.75) is 44.7 Å². The van der Waals surface area contributed by atoms with E-state index in [4.69, 9.17) is 27.9 Å². The van der Waals surface area contributed by atoms with Gasteiger partial charge in [0.05, 0.1) is 13.2 Å². The van der Waals surface area contributed by atoms with Crippen LogP contribution in [0.3, 0.4) is 0 Å². The van der Waals surface area contributed by atoms with Crippen molar-refractivity contribution in [1.29, 1.82) is 0 Å². The van der Waals surface area contributed by atoms with Gasteiger partial charge in [0.1, 0.15) is 6.04 Å². The summed E-state index contributed by atoms with van der Waals surface area (Å²) in [6.07, 6.45) is 4.66. The van der Waals surface area contributed by atoms with Crippen molar-refractivity contribution in [2.75, 3.05) is 26.3 Å². The van der Waals surface area contributed by atoms with Crippen LogP contribution in [0.2, 0.25) is 10.0 Å². The van der Waals surface area contributed by atoms with Crippen LogP contribution < -0.4 is 5.32 Å². The SMILES string of the molecule is C[C@@H]1CCCC[C@H]1NC(=O)[C@@H](c1ccc(Cl)cc1Cl)N1CCOCC1. The van der Waals surface area contributed by atoms with Crippen LogP contribution in [0, 0.1) is 5.92 Å². The molecular formula is C19H26Cl2N2O2. The van der Waals surface area contributed by atoms with E-state index in [-0.39, 0.29) is 11.9 Å². The van der Waals surface area contributed by atoms with Gasteiger partial charge < -0.3 is 10.1 Å². The van der Waals surface area contributed by atoms with Crippen LogP contribution in [-0.2, 0) is 9.53 Å². The summed E-state index contributed by atoms with van der Waals surface area (Å²) in [5.41, 5.74) is 0.814. The molecule has 1 aliphatic heterocycles. The van der Waals surface area contributed by atoms with E-state index in [2.05, 4.69) is 17.1 Å². The first-order valence-corrected chi connectivity index (χ1v) is 9.89. The van der Waals surface area contributed by atoms with Gasteiger partial charge >= 0.3 is 0 Å². The highest BCUT2D eigenvalue weighted by Crippen LogP contribution is 2.32. The molecule has 1 amide bonds. The molecule has 6 heteroatoms. The lowest BCUT2D eigenvalue weighted by Gasteiger charge is -2.36. The third-order valence-corrected chi connectivity index (χ3v) is 5.92. The maximum atomic E-state index is 13.2. The predicted molar refractivity (Wildman–Crippen MR) is 101 cm³/mol. The Hall–Kier alpha value is -0.810. The van der Waals surface area contributed by atoms with Gasteiger partial charge in [-0.05, 0) is 36.5 Å². The molecule has 1 saturated heterocycles. The Balaban J connectivity index is 1.83. The molecule has 1 N–H and O–H groups in total. The normalized spacial score (nSPS) is 26.2. The highest BCUT2D eigenvalue weighted by molar-refractivity contribution is 6.35. The molecule has 3 rings (SSSR count). The monoisotopic (exact) mass is 384 g/mol. The Kier molecular flexibility index (Phi) is 6.61. The summed E-state index contributed by atoms with van der Waals surface area (Å²) in [5.74, 6) is 0.550. The summed E-state index contributed by atoms with van der Waals surface area (Å²) in [7, 11) is 0. The zero-order valence-electron chi connectivity index (χ0n) is 14.6. The highest BCUT2D eigenvalue weighted by Gasteiger charge is 2.33. The number of hydrogen-bond acceptors (Lipinski definition) is 3. The van der Waals surface area contributed by atoms with Gasteiger partial charge in [0.25, 0.3) is 0 Å². The number of rotatable bonds is 4. The zero-order chi connectivity index (χ0) is 17.8. The first-order chi connectivity index (χ1) is 12.1. The lowest BCUT2D eigenvalue weighted by molar-refractivity contribution is -0.129. The van der Waals surface area contributed by atoms with Crippen LogP contribution in [0.4, 0.5) is 0 Å². The van der Waals surface area contributed by atoms with Gasteiger partial charge in [-0.1, -0.05) is 49.0 Å². The summed E-state index contributed by atoms with van der Waals surface area (Å²) >= 11 is 12.5. The summed E-state index contributed by atoms with van der Waals surface area (Å²) in [4.78, 5) is 15.4. The molecule has 2 aliphatic rings. The molecule has 4 nitrogen and oxygen atoms in total. The standard InChI is InChI=1S/C19H26Cl2N2O2/c1-13-4-2-3-5-17(13)22-19(24)18(23-8-10-25-11-9-23)15-7-6-14(20)12-16(15)21/h6-7,12-13,17-18H,2-5,8-11H2,1H3,(H,22,24)/t13-,17-,18-/m1/s1. The fourth-order valence-corrected chi connectivity index (χ4v) is 4.37. The molecule has 0 aromatic heterocycles. The lowest BCUT2D eigenvalue weighted by atomic mass is 9.85. The summed E-state index contributed by atoms with van der Waals surface area (Å²) < 4.78 is 5.45. The molecule has 138 valence electrons. The van der Waals surface area contributed by atoms with E-state index in [0.717, 1.165) is 25.1 Å². The number of ether oxygens (including phenoxy) is 1. The number of carbonyl (C=O) groups is 1. The van der Waals surface area contributed by atoms with E-state index in [1.807, 2.05) is 6.07 Å². The minimum Gasteiger partial charge on any atom is -0.379 e. The second-order valence-electron chi connectivity index (χ2n) is 7.09. The van der Waals surface area contributed by atoms with E-state index < -0.39 is 6.04 Å². The zero-order valence-corrected chi connectivity index (χ0v) is 16.2. The van der Waals surface area contributed by atoms with Gasteiger partial charge in [-0.2, -0.15) is 0 Å². The van der Waals surface area contributed by atoms with Crippen LogP contribution in [0.15, 0.2) is 18.2 Å². The minimum absolute atomic E-state index is 0.0323. The van der Waals surface area contributed by atoms with Crippen molar-refractivity contribution < 1.29 is 9.53 Å². The molecule has 1 aromatic rings. The Labute approximate surface area is 159 Å². The Morgan fingerprint density at radius 3 is 2.64 bits per heavy atom. The maximum absolute atomic E-state index is 13.2. The molecule has 0 bridgehead atoms. The number of morpholine rings is 1. The second kappa shape index (κ2) is 8.72. The molecular weight excluding hydrogens is 359 g/mol. The van der Waals surface area contributed by atoms with Gasteiger partial charge in [-0.25, -0.2) is 0 Å². The topological polar surface area (TPSA) is 41.6 Å². The van der Waals surface area contributed by atoms with Gasteiger partial charge in [-0.15, -0.1) is 0 Å². The fraction of sp³-hybridized carbons (Fsp3) is 0.632. The van der Waals surface area contributed by atoms with E-state index in [0.29, 0.717) is 29.2 Å². The number of halogens is 2. The molecule has 0 radical (unpaired) electrons. The van der Waals surface area contributed by atoms with Crippen molar-refractivity contribution in [1.82, 2.24) is 10.2 Å². The minimum atomic E-state index is -0.400. The molecule has 2 fully saturated rings. The molecule has 1 aliphatic carbocycles. The molecule has 1 heterocycles. The molecule has 3 atom stereocenters. The van der Waals surface area contributed by atoms with E-state index >= 15 is 0 Å². The lowest BCUT2D eigenvalue weighted by Crippen LogP contribution is -2.49. The predicted octanol–water partition coefficient (Wildman–Crippen LogP) is 4.06. The average molecular weight is 385 g/mol. The first kappa shape index (κ1) is 19.0. The van der Waals surface area contributed by atoms with Gasteiger partial charge in [0.2, 0.25) is 5.91 Å². The largest absolute Gasteiger partial charge is 0.379 e. The van der Waals surface area contributed by atoms with Crippen molar-refractivity contribution >= 4 is 29.1 Å². The van der Waals surface area contributed by atoms with Crippen molar-refractivity contribution in [3.8, 4) is 0 Å². The summed E-state index contributed by atoms with van der Waals surface area (Å²) in [6.45, 7) is 4.93. The van der Waals surface area contributed by atoms with Gasteiger partial charge in [-0.3, -0.25) is 9.69 Å². The van der Waals surface area contributed by atoms with E-state index in [1.54, 1.807) is 12.1 Å². The number of benzene rings is 1. The number of nitrogens with zero attached hydrogens (tertiary/aromatic N) is 1. The summed E-state index contributed by atoms with van der Waals surface area (Å²) in [5, 5.41) is 4.41. The molecule has 0 spiro atoms. The number of hydrogen-bond donors (Lipinski definition) is 1. The fourth-order valence-electron chi connectivity index (χ4n) is 3.86. The van der Waals surface area contributed by atoms with Crippen molar-refractivity contribution in [3.05, 3.63) is 33.8 Å². The Morgan fingerprint density at radius 1 is 1.24 bits per heavy atom. The highest BCUT2D eigenvalue weighted by atomic mass is 35.5.